The third-order valence-corrected chi connectivity index (χ3v) is 4.50. The largest absolute Gasteiger partial charge is 0.465 e. The van der Waals surface area contributed by atoms with Crippen LogP contribution in [0.4, 0.5) is 0 Å². The van der Waals surface area contributed by atoms with Crippen LogP contribution in [-0.2, 0) is 9.53 Å². The second kappa shape index (κ2) is 20.9. The molecule has 1 atom stereocenters. The van der Waals surface area contributed by atoms with Crippen molar-refractivity contribution in [3.63, 3.8) is 0 Å². The fourth-order valence-electron chi connectivity index (χ4n) is 2.07. The third kappa shape index (κ3) is 19.2. The van der Waals surface area contributed by atoms with E-state index in [0.717, 1.165) is 44.9 Å². The summed E-state index contributed by atoms with van der Waals surface area (Å²) >= 11 is 2.13. The molecule has 0 aliphatic heterocycles. The van der Waals surface area contributed by atoms with E-state index in [1.807, 2.05) is 13.0 Å². The van der Waals surface area contributed by atoms with Crippen molar-refractivity contribution < 1.29 is 9.53 Å². The highest BCUT2D eigenvalue weighted by atomic mass is 127. The lowest BCUT2D eigenvalue weighted by Gasteiger charge is -2.05. The van der Waals surface area contributed by atoms with Gasteiger partial charge in [0.25, 0.3) is 0 Å². The number of esters is 1. The van der Waals surface area contributed by atoms with E-state index in [1.54, 1.807) is 0 Å². The van der Waals surface area contributed by atoms with Crippen LogP contribution in [0.25, 0.3) is 0 Å². The van der Waals surface area contributed by atoms with Gasteiger partial charge in [-0.15, -0.1) is 0 Å². The molecule has 0 saturated carbocycles. The first kappa shape index (κ1) is 25.6. The quantitative estimate of drug-likeness (QED) is 0.105. The molecule has 0 aromatic carbocycles. The average Bonchev–Trinajstić information content (AvgIpc) is 2.67. The number of halogens is 1. The Morgan fingerprint density at radius 3 is 1.44 bits per heavy atom. The highest BCUT2D eigenvalue weighted by Gasteiger charge is 2.13. The van der Waals surface area contributed by atoms with Crippen molar-refractivity contribution >= 4 is 28.6 Å². The molecule has 0 saturated heterocycles. The Kier molecular flexibility index (Phi) is 19.9. The van der Waals surface area contributed by atoms with Crippen molar-refractivity contribution in [2.45, 2.75) is 62.7 Å². The minimum absolute atomic E-state index is 0.0906. The minimum atomic E-state index is -0.127. The Labute approximate surface area is 180 Å². The van der Waals surface area contributed by atoms with Crippen molar-refractivity contribution in [2.24, 2.45) is 0 Å². The normalized spacial score (nSPS) is 14.0. The molecule has 3 heteroatoms. The number of rotatable bonds is 15. The van der Waals surface area contributed by atoms with E-state index < -0.39 is 0 Å². The van der Waals surface area contributed by atoms with Crippen LogP contribution in [-0.4, -0.2) is 16.5 Å². The average molecular weight is 482 g/mol. The van der Waals surface area contributed by atoms with Gasteiger partial charge in [0, 0.05) is 0 Å². The monoisotopic (exact) mass is 482 g/mol. The Bertz CT molecular complexity index is 524. The van der Waals surface area contributed by atoms with Gasteiger partial charge in [-0.05, 0) is 51.9 Å². The molecule has 0 heterocycles. The van der Waals surface area contributed by atoms with E-state index in [-0.39, 0.29) is 9.89 Å². The van der Waals surface area contributed by atoms with Gasteiger partial charge < -0.3 is 4.74 Å². The van der Waals surface area contributed by atoms with Gasteiger partial charge in [0.1, 0.15) is 3.92 Å². The molecule has 0 spiro atoms. The number of hydrogen-bond donors (Lipinski definition) is 0. The molecule has 0 rings (SSSR count). The van der Waals surface area contributed by atoms with Crippen molar-refractivity contribution in [1.29, 1.82) is 0 Å². The van der Waals surface area contributed by atoms with Crippen LogP contribution in [0.3, 0.4) is 0 Å². The molecule has 0 amide bonds. The lowest BCUT2D eigenvalue weighted by molar-refractivity contribution is -0.141. The second-order valence-corrected chi connectivity index (χ2v) is 7.37. The zero-order valence-electron chi connectivity index (χ0n) is 16.9. The number of hydrogen-bond acceptors (Lipinski definition) is 2. The SMILES string of the molecule is CC/C=C\C/C=C\C/C=C\C/C=C\C/C=C\C/C=C\CC(I)C(=O)OCC. The van der Waals surface area contributed by atoms with Gasteiger partial charge in [0.05, 0.1) is 6.61 Å². The maximum absolute atomic E-state index is 11.5. The van der Waals surface area contributed by atoms with Crippen molar-refractivity contribution in [3.05, 3.63) is 72.9 Å². The highest BCUT2D eigenvalue weighted by molar-refractivity contribution is 14.1. The Morgan fingerprint density at radius 2 is 1.07 bits per heavy atom. The number of allylic oxidation sites excluding steroid dienone is 12. The first-order chi connectivity index (χ1) is 13.2. The summed E-state index contributed by atoms with van der Waals surface area (Å²) < 4.78 is 4.89. The van der Waals surface area contributed by atoms with Gasteiger partial charge in [0.15, 0.2) is 0 Å². The van der Waals surface area contributed by atoms with E-state index >= 15 is 0 Å². The summed E-state index contributed by atoms with van der Waals surface area (Å²) in [7, 11) is 0. The minimum Gasteiger partial charge on any atom is -0.465 e. The highest BCUT2D eigenvalue weighted by Crippen LogP contribution is 2.09. The maximum Gasteiger partial charge on any atom is 0.319 e. The van der Waals surface area contributed by atoms with E-state index in [4.69, 9.17) is 4.74 Å². The van der Waals surface area contributed by atoms with Gasteiger partial charge in [-0.2, -0.15) is 0 Å². The van der Waals surface area contributed by atoms with Gasteiger partial charge in [0.2, 0.25) is 0 Å². The van der Waals surface area contributed by atoms with E-state index in [2.05, 4.69) is 96.4 Å². The van der Waals surface area contributed by atoms with E-state index in [0.29, 0.717) is 6.61 Å². The predicted octanol–water partition coefficient (Wildman–Crippen LogP) is 7.44. The van der Waals surface area contributed by atoms with E-state index in [1.165, 1.54) is 0 Å². The first-order valence-corrected chi connectivity index (χ1v) is 11.2. The maximum atomic E-state index is 11.5. The van der Waals surface area contributed by atoms with Crippen molar-refractivity contribution in [1.82, 2.24) is 0 Å². The lowest BCUT2D eigenvalue weighted by Crippen LogP contribution is -2.16. The molecule has 0 radical (unpaired) electrons. The van der Waals surface area contributed by atoms with Gasteiger partial charge in [-0.25, -0.2) is 0 Å². The molecule has 27 heavy (non-hydrogen) atoms. The van der Waals surface area contributed by atoms with Gasteiger partial charge in [-0.3, -0.25) is 4.79 Å². The molecule has 1 unspecified atom stereocenters. The summed E-state index contributed by atoms with van der Waals surface area (Å²) in [5, 5.41) is 0. The molecule has 0 bridgehead atoms. The summed E-state index contributed by atoms with van der Waals surface area (Å²) in [5.74, 6) is -0.127. The second-order valence-electron chi connectivity index (χ2n) is 5.87. The standard InChI is InChI=1S/C24H35IO2/c1-3-5-6-7-8-9-10-11-12-13-14-15-16-17-18-19-20-21-22-23(25)24(26)27-4-2/h5-6,8-9,11-12,14-15,17-18,20-21,23H,3-4,7,10,13,16,19,22H2,1-2H3/b6-5-,9-8-,12-11-,15-14-,18-17-,21-20-. The van der Waals surface area contributed by atoms with Crippen LogP contribution in [0.2, 0.25) is 0 Å². The third-order valence-electron chi connectivity index (χ3n) is 3.48. The Balaban J connectivity index is 3.65. The fourth-order valence-corrected chi connectivity index (χ4v) is 2.54. The zero-order chi connectivity index (χ0) is 20.0. The molecule has 0 fully saturated rings. The number of carbonyl (C=O) groups is 1. The molecular formula is C24H35IO2. The summed E-state index contributed by atoms with van der Waals surface area (Å²) in [6, 6.07) is 0. The van der Waals surface area contributed by atoms with Crippen molar-refractivity contribution in [2.75, 3.05) is 6.61 Å². The lowest BCUT2D eigenvalue weighted by atomic mass is 10.2. The smallest absolute Gasteiger partial charge is 0.319 e. The van der Waals surface area contributed by atoms with Crippen LogP contribution in [0, 0.1) is 0 Å². The first-order valence-electron chi connectivity index (χ1n) is 9.93. The fraction of sp³-hybridized carbons (Fsp3) is 0.458. The molecule has 0 aromatic heterocycles. The van der Waals surface area contributed by atoms with E-state index in [9.17, 15) is 4.79 Å². The topological polar surface area (TPSA) is 26.3 Å². The van der Waals surface area contributed by atoms with Gasteiger partial charge in [-0.1, -0.05) is 102 Å². The number of carbonyl (C=O) groups excluding carboxylic acids is 1. The van der Waals surface area contributed by atoms with Crippen LogP contribution in [0.5, 0.6) is 0 Å². The Hall–Kier alpha value is -1.36. The molecule has 2 nitrogen and oxygen atoms in total. The summed E-state index contributed by atoms with van der Waals surface area (Å²) in [5.41, 5.74) is 0. The molecular weight excluding hydrogens is 447 g/mol. The van der Waals surface area contributed by atoms with Gasteiger partial charge >= 0.3 is 5.97 Å². The number of alkyl halides is 1. The zero-order valence-corrected chi connectivity index (χ0v) is 19.0. The van der Waals surface area contributed by atoms with Crippen molar-refractivity contribution in [3.8, 4) is 0 Å². The Morgan fingerprint density at radius 1 is 0.704 bits per heavy atom. The molecule has 0 aromatic rings. The van der Waals surface area contributed by atoms with Crippen LogP contribution in [0.1, 0.15) is 58.8 Å². The molecule has 0 aliphatic carbocycles. The number of ether oxygens (including phenoxy) is 1. The molecule has 150 valence electrons. The van der Waals surface area contributed by atoms with Crippen LogP contribution >= 0.6 is 22.6 Å². The predicted molar refractivity (Wildman–Crippen MR) is 127 cm³/mol. The summed E-state index contributed by atoms with van der Waals surface area (Å²) in [6.45, 7) is 4.43. The summed E-state index contributed by atoms with van der Waals surface area (Å²) in [4.78, 5) is 11.5. The van der Waals surface area contributed by atoms with Crippen LogP contribution < -0.4 is 0 Å². The van der Waals surface area contributed by atoms with Crippen LogP contribution in [0.15, 0.2) is 72.9 Å². The molecule has 0 N–H and O–H groups in total. The molecule has 0 aliphatic rings. The summed E-state index contributed by atoms with van der Waals surface area (Å²) in [6.07, 6.45) is 32.8.